The van der Waals surface area contributed by atoms with Gasteiger partial charge in [0.05, 0.1) is 11.4 Å². The molecule has 0 aliphatic carbocycles. The lowest BCUT2D eigenvalue weighted by Crippen LogP contribution is -2.38. The van der Waals surface area contributed by atoms with Gasteiger partial charge in [0.25, 0.3) is 0 Å². The van der Waals surface area contributed by atoms with E-state index in [2.05, 4.69) is 37.8 Å². The van der Waals surface area contributed by atoms with Crippen LogP contribution in [0.25, 0.3) is 0 Å². The van der Waals surface area contributed by atoms with Crippen LogP contribution in [-0.4, -0.2) is 42.1 Å². The van der Waals surface area contributed by atoms with Crippen molar-refractivity contribution in [2.45, 2.75) is 46.6 Å². The lowest BCUT2D eigenvalue weighted by molar-refractivity contribution is 0.473. The summed E-state index contributed by atoms with van der Waals surface area (Å²) in [6, 6.07) is 0. The van der Waals surface area contributed by atoms with Gasteiger partial charge in [0, 0.05) is 38.0 Å². The van der Waals surface area contributed by atoms with Crippen LogP contribution in [0.1, 0.15) is 42.8 Å². The Kier molecular flexibility index (Phi) is 8.81. The van der Waals surface area contributed by atoms with E-state index in [0.717, 1.165) is 60.8 Å². The second-order valence-corrected chi connectivity index (χ2v) is 7.27. The standard InChI is InChI=1S/C18H28N6OS.HI/c1-4-19-17(21-11-16-22-13(2)14(3)25-16)20-8-7-15-12-26-18(23-15)24-9-5-6-10-24;/h12H,4-11H2,1-3H3,(H2,19,20,21);1H. The molecule has 7 nitrogen and oxygen atoms in total. The maximum atomic E-state index is 5.58. The van der Waals surface area contributed by atoms with Gasteiger partial charge in [0.1, 0.15) is 12.3 Å². The van der Waals surface area contributed by atoms with Gasteiger partial charge in [-0.3, -0.25) is 0 Å². The number of thiazole rings is 1. The number of aromatic nitrogens is 2. The minimum atomic E-state index is 0. The fourth-order valence-electron chi connectivity index (χ4n) is 2.87. The van der Waals surface area contributed by atoms with Gasteiger partial charge in [0.15, 0.2) is 11.1 Å². The predicted octanol–water partition coefficient (Wildman–Crippen LogP) is 3.26. The van der Waals surface area contributed by atoms with Gasteiger partial charge in [-0.1, -0.05) is 0 Å². The molecule has 3 heterocycles. The number of hydrogen-bond donors (Lipinski definition) is 2. The maximum Gasteiger partial charge on any atom is 0.216 e. The largest absolute Gasteiger partial charge is 0.444 e. The van der Waals surface area contributed by atoms with Crippen LogP contribution in [-0.2, 0) is 13.0 Å². The Morgan fingerprint density at radius 3 is 2.70 bits per heavy atom. The maximum absolute atomic E-state index is 5.58. The van der Waals surface area contributed by atoms with Crippen LogP contribution in [0, 0.1) is 13.8 Å². The summed E-state index contributed by atoms with van der Waals surface area (Å²) < 4.78 is 5.58. The summed E-state index contributed by atoms with van der Waals surface area (Å²) in [4.78, 5) is 16.1. The molecule has 9 heteroatoms. The third kappa shape index (κ3) is 6.34. The number of anilines is 1. The lowest BCUT2D eigenvalue weighted by atomic mass is 10.3. The Morgan fingerprint density at radius 2 is 2.04 bits per heavy atom. The van der Waals surface area contributed by atoms with Crippen LogP contribution in [0.15, 0.2) is 14.8 Å². The summed E-state index contributed by atoms with van der Waals surface area (Å²) in [7, 11) is 0. The van der Waals surface area contributed by atoms with E-state index in [1.165, 1.54) is 12.8 Å². The average Bonchev–Trinajstić information content (AvgIpc) is 3.35. The van der Waals surface area contributed by atoms with Gasteiger partial charge in [-0.25, -0.2) is 15.0 Å². The van der Waals surface area contributed by atoms with Crippen molar-refractivity contribution in [3.63, 3.8) is 0 Å². The van der Waals surface area contributed by atoms with Crippen LogP contribution in [0.3, 0.4) is 0 Å². The van der Waals surface area contributed by atoms with Gasteiger partial charge in [-0.15, -0.1) is 35.3 Å². The quantitative estimate of drug-likeness (QED) is 0.343. The van der Waals surface area contributed by atoms with Crippen LogP contribution in [0.4, 0.5) is 5.13 Å². The van der Waals surface area contributed by atoms with Gasteiger partial charge in [-0.2, -0.15) is 0 Å². The summed E-state index contributed by atoms with van der Waals surface area (Å²) in [5, 5.41) is 9.94. The predicted molar refractivity (Wildman–Crippen MR) is 121 cm³/mol. The summed E-state index contributed by atoms with van der Waals surface area (Å²) >= 11 is 1.75. The van der Waals surface area contributed by atoms with Crippen LogP contribution >= 0.6 is 35.3 Å². The minimum Gasteiger partial charge on any atom is -0.444 e. The third-order valence-electron chi connectivity index (χ3n) is 4.38. The van der Waals surface area contributed by atoms with Crippen molar-refractivity contribution in [1.29, 1.82) is 0 Å². The number of nitrogens with zero attached hydrogens (tertiary/aromatic N) is 4. The Morgan fingerprint density at radius 1 is 1.26 bits per heavy atom. The fraction of sp³-hybridized carbons (Fsp3) is 0.611. The number of guanidine groups is 1. The monoisotopic (exact) mass is 504 g/mol. The molecule has 1 saturated heterocycles. The molecular weight excluding hydrogens is 475 g/mol. The SMILES string of the molecule is CCNC(=NCc1nc(C)c(C)o1)NCCc1csc(N2CCCC2)n1.I. The van der Waals surface area contributed by atoms with Gasteiger partial charge < -0.3 is 20.0 Å². The van der Waals surface area contributed by atoms with Crippen molar-refractivity contribution in [3.05, 3.63) is 28.4 Å². The minimum absolute atomic E-state index is 0. The topological polar surface area (TPSA) is 78.6 Å². The molecule has 0 aromatic carbocycles. The second-order valence-electron chi connectivity index (χ2n) is 6.44. The number of rotatable bonds is 7. The number of aryl methyl sites for hydroxylation is 2. The molecule has 0 amide bonds. The average molecular weight is 504 g/mol. The van der Waals surface area contributed by atoms with Gasteiger partial charge in [0.2, 0.25) is 5.89 Å². The Balaban J connectivity index is 0.00000261. The molecule has 2 aromatic rings. The molecular formula is C18H29IN6OS. The highest BCUT2D eigenvalue weighted by Gasteiger charge is 2.15. The molecule has 2 aromatic heterocycles. The molecule has 150 valence electrons. The molecule has 0 unspecified atom stereocenters. The van der Waals surface area contributed by atoms with E-state index in [1.807, 2.05) is 13.8 Å². The number of aliphatic imine (C=N–C) groups is 1. The van der Waals surface area contributed by atoms with Crippen molar-refractivity contribution in [1.82, 2.24) is 20.6 Å². The lowest BCUT2D eigenvalue weighted by Gasteiger charge is -2.12. The Hall–Kier alpha value is -1.36. The van der Waals surface area contributed by atoms with E-state index in [4.69, 9.17) is 9.40 Å². The van der Waals surface area contributed by atoms with E-state index >= 15 is 0 Å². The van der Waals surface area contributed by atoms with Crippen molar-refractivity contribution in [3.8, 4) is 0 Å². The third-order valence-corrected chi connectivity index (χ3v) is 5.33. The summed E-state index contributed by atoms with van der Waals surface area (Å²) in [5.74, 6) is 2.27. The molecule has 0 radical (unpaired) electrons. The molecule has 0 atom stereocenters. The molecule has 1 fully saturated rings. The molecule has 1 aliphatic heterocycles. The normalized spacial score (nSPS) is 14.3. The van der Waals surface area contributed by atoms with Crippen molar-refractivity contribution < 1.29 is 4.42 Å². The Labute approximate surface area is 182 Å². The first-order valence-electron chi connectivity index (χ1n) is 9.30. The highest BCUT2D eigenvalue weighted by atomic mass is 127. The molecule has 3 rings (SSSR count). The van der Waals surface area contributed by atoms with Crippen LogP contribution < -0.4 is 15.5 Å². The first-order chi connectivity index (χ1) is 12.7. The van der Waals surface area contributed by atoms with E-state index in [9.17, 15) is 0 Å². The zero-order chi connectivity index (χ0) is 18.4. The molecule has 27 heavy (non-hydrogen) atoms. The molecule has 0 bridgehead atoms. The second kappa shape index (κ2) is 10.8. The number of oxazole rings is 1. The van der Waals surface area contributed by atoms with E-state index < -0.39 is 0 Å². The molecule has 1 aliphatic rings. The van der Waals surface area contributed by atoms with Gasteiger partial charge >= 0.3 is 0 Å². The Bertz CT molecular complexity index is 719. The number of halogens is 1. The van der Waals surface area contributed by atoms with Crippen molar-refractivity contribution in [2.24, 2.45) is 4.99 Å². The van der Waals surface area contributed by atoms with Gasteiger partial charge in [-0.05, 0) is 33.6 Å². The molecule has 0 spiro atoms. The summed E-state index contributed by atoms with van der Waals surface area (Å²) in [5.41, 5.74) is 2.06. The van der Waals surface area contributed by atoms with Crippen molar-refractivity contribution in [2.75, 3.05) is 31.1 Å². The smallest absolute Gasteiger partial charge is 0.216 e. The van der Waals surface area contributed by atoms with E-state index in [1.54, 1.807) is 11.3 Å². The van der Waals surface area contributed by atoms with E-state index in [-0.39, 0.29) is 24.0 Å². The molecule has 0 saturated carbocycles. The first-order valence-corrected chi connectivity index (χ1v) is 10.2. The summed E-state index contributed by atoms with van der Waals surface area (Å²) in [6.45, 7) is 10.2. The highest BCUT2D eigenvalue weighted by Crippen LogP contribution is 2.24. The highest BCUT2D eigenvalue weighted by molar-refractivity contribution is 14.0. The van der Waals surface area contributed by atoms with Crippen LogP contribution in [0.2, 0.25) is 0 Å². The van der Waals surface area contributed by atoms with Crippen molar-refractivity contribution >= 4 is 46.4 Å². The van der Waals surface area contributed by atoms with E-state index in [0.29, 0.717) is 12.4 Å². The van der Waals surface area contributed by atoms with Crippen LogP contribution in [0.5, 0.6) is 0 Å². The number of nitrogens with one attached hydrogen (secondary N) is 2. The number of hydrogen-bond acceptors (Lipinski definition) is 6. The zero-order valence-electron chi connectivity index (χ0n) is 16.2. The fourth-order valence-corrected chi connectivity index (χ4v) is 3.78. The summed E-state index contributed by atoms with van der Waals surface area (Å²) in [6.07, 6.45) is 3.44. The zero-order valence-corrected chi connectivity index (χ0v) is 19.4. The molecule has 2 N–H and O–H groups in total. The first kappa shape index (κ1) is 21.9.